The summed E-state index contributed by atoms with van der Waals surface area (Å²) in [5.41, 5.74) is 2.22. The van der Waals surface area contributed by atoms with E-state index in [2.05, 4.69) is 38.1 Å². The smallest absolute Gasteiger partial charge is 0.236 e. The minimum absolute atomic E-state index is 0.0191. The Bertz CT molecular complexity index is 493. The van der Waals surface area contributed by atoms with Crippen molar-refractivity contribution in [1.82, 2.24) is 5.32 Å². The van der Waals surface area contributed by atoms with Gasteiger partial charge < -0.3 is 5.32 Å². The number of amides is 1. The zero-order valence-electron chi connectivity index (χ0n) is 9.11. The van der Waals surface area contributed by atoms with Crippen molar-refractivity contribution in [3.63, 3.8) is 0 Å². The number of halogens is 1. The molecule has 0 saturated carbocycles. The Kier molecular flexibility index (Phi) is 4.16. The maximum Gasteiger partial charge on any atom is 0.236 e. The lowest BCUT2D eigenvalue weighted by atomic mass is 10.1. The van der Waals surface area contributed by atoms with E-state index < -0.39 is 0 Å². The predicted octanol–water partition coefficient (Wildman–Crippen LogP) is 2.15. The molecular weight excluding hydrogens is 349 g/mol. The highest BCUT2D eigenvalue weighted by Gasteiger charge is 2.15. The number of carbonyl (C=O) groups excluding carboxylic acids is 1. The van der Waals surface area contributed by atoms with Crippen molar-refractivity contribution in [2.24, 2.45) is 10.2 Å². The van der Waals surface area contributed by atoms with Crippen LogP contribution >= 0.6 is 34.4 Å². The van der Waals surface area contributed by atoms with Crippen LogP contribution in [-0.4, -0.2) is 23.0 Å². The van der Waals surface area contributed by atoms with Gasteiger partial charge in [-0.15, -0.1) is 5.10 Å². The number of benzene rings is 1. The molecule has 1 aliphatic rings. The molecule has 0 aromatic heterocycles. The van der Waals surface area contributed by atoms with Gasteiger partial charge in [-0.25, -0.2) is 0 Å². The summed E-state index contributed by atoms with van der Waals surface area (Å²) in [6.45, 7) is 2.03. The van der Waals surface area contributed by atoms with Crippen LogP contribution < -0.4 is 5.32 Å². The molecule has 0 radical (unpaired) electrons. The highest BCUT2D eigenvalue weighted by Crippen LogP contribution is 2.14. The van der Waals surface area contributed by atoms with Gasteiger partial charge in [-0.1, -0.05) is 23.9 Å². The third-order valence-electron chi connectivity index (χ3n) is 2.19. The third kappa shape index (κ3) is 3.29. The Morgan fingerprint density at radius 3 is 3.00 bits per heavy atom. The molecular formula is C11H10IN3OS. The number of hydrogen-bond donors (Lipinski definition) is 1. The summed E-state index contributed by atoms with van der Waals surface area (Å²) >= 11 is 3.63. The second-order valence-electron chi connectivity index (χ2n) is 3.46. The van der Waals surface area contributed by atoms with Crippen LogP contribution in [0, 0.1) is 10.5 Å². The van der Waals surface area contributed by atoms with Gasteiger partial charge in [-0.2, -0.15) is 5.10 Å². The van der Waals surface area contributed by atoms with Crippen molar-refractivity contribution in [2.75, 3.05) is 5.75 Å². The monoisotopic (exact) mass is 359 g/mol. The molecule has 88 valence electrons. The van der Waals surface area contributed by atoms with Crippen molar-refractivity contribution in [1.29, 1.82) is 0 Å². The van der Waals surface area contributed by atoms with Crippen LogP contribution in [0.3, 0.4) is 0 Å². The summed E-state index contributed by atoms with van der Waals surface area (Å²) in [6.07, 6.45) is 1.72. The third-order valence-corrected chi connectivity index (χ3v) is 4.00. The fourth-order valence-corrected chi connectivity index (χ4v) is 2.73. The Morgan fingerprint density at radius 2 is 2.35 bits per heavy atom. The van der Waals surface area contributed by atoms with Crippen LogP contribution in [0.2, 0.25) is 0 Å². The fraction of sp³-hybridized carbons (Fsp3) is 0.182. The molecule has 1 heterocycles. The maximum atomic E-state index is 10.9. The first-order valence-corrected chi connectivity index (χ1v) is 7.02. The average molecular weight is 359 g/mol. The fourth-order valence-electron chi connectivity index (χ4n) is 1.33. The number of thioether (sulfide) groups is 1. The lowest BCUT2D eigenvalue weighted by Crippen LogP contribution is -2.19. The second-order valence-corrected chi connectivity index (χ2v) is 5.58. The quantitative estimate of drug-likeness (QED) is 0.500. The highest BCUT2D eigenvalue weighted by atomic mass is 127. The van der Waals surface area contributed by atoms with Crippen LogP contribution in [0.15, 0.2) is 28.4 Å². The highest BCUT2D eigenvalue weighted by molar-refractivity contribution is 14.1. The number of nitrogens with one attached hydrogen (secondary N) is 1. The predicted molar refractivity (Wildman–Crippen MR) is 79.5 cm³/mol. The summed E-state index contributed by atoms with van der Waals surface area (Å²) < 4.78 is 1.13. The van der Waals surface area contributed by atoms with Crippen molar-refractivity contribution < 1.29 is 4.79 Å². The molecule has 0 spiro atoms. The van der Waals surface area contributed by atoms with E-state index in [-0.39, 0.29) is 5.91 Å². The molecule has 1 aliphatic heterocycles. The van der Waals surface area contributed by atoms with Gasteiger partial charge in [0.1, 0.15) is 0 Å². The number of carbonyl (C=O) groups is 1. The van der Waals surface area contributed by atoms with Gasteiger partial charge in [0.05, 0.1) is 12.0 Å². The Hall–Kier alpha value is -0.890. The summed E-state index contributed by atoms with van der Waals surface area (Å²) in [7, 11) is 0. The van der Waals surface area contributed by atoms with E-state index in [1.54, 1.807) is 6.21 Å². The van der Waals surface area contributed by atoms with E-state index in [0.29, 0.717) is 10.9 Å². The van der Waals surface area contributed by atoms with Gasteiger partial charge >= 0.3 is 0 Å². The first-order valence-electron chi connectivity index (χ1n) is 4.95. The van der Waals surface area contributed by atoms with Gasteiger partial charge in [0, 0.05) is 9.13 Å². The standard InChI is InChI=1S/C11H10IN3OS/c1-7-3-2-4-9(12)8(7)5-13-15-11-14-10(16)6-17-11/h2-5H,6H2,1H3,(H,14,15,16). The van der Waals surface area contributed by atoms with Crippen LogP contribution in [0.25, 0.3) is 0 Å². The van der Waals surface area contributed by atoms with Crippen molar-refractivity contribution >= 4 is 51.6 Å². The molecule has 1 saturated heterocycles. The topological polar surface area (TPSA) is 53.8 Å². The molecule has 0 bridgehead atoms. The summed E-state index contributed by atoms with van der Waals surface area (Å²) in [6, 6.07) is 6.06. The van der Waals surface area contributed by atoms with Crippen molar-refractivity contribution in [2.45, 2.75) is 6.92 Å². The van der Waals surface area contributed by atoms with Gasteiger partial charge in [0.15, 0.2) is 5.17 Å². The maximum absolute atomic E-state index is 10.9. The van der Waals surface area contributed by atoms with Crippen molar-refractivity contribution in [3.05, 3.63) is 32.9 Å². The molecule has 4 nitrogen and oxygen atoms in total. The lowest BCUT2D eigenvalue weighted by molar-refractivity contribution is -0.116. The van der Waals surface area contributed by atoms with Gasteiger partial charge in [-0.05, 0) is 41.1 Å². The number of aryl methyl sites for hydroxylation is 1. The number of hydrogen-bond acceptors (Lipinski definition) is 4. The molecule has 1 fully saturated rings. The number of rotatable bonds is 2. The Morgan fingerprint density at radius 1 is 1.53 bits per heavy atom. The van der Waals surface area contributed by atoms with Crippen LogP contribution in [0.4, 0.5) is 0 Å². The minimum Gasteiger partial charge on any atom is -0.303 e. The molecule has 1 N–H and O–H groups in total. The van der Waals surface area contributed by atoms with E-state index >= 15 is 0 Å². The van der Waals surface area contributed by atoms with Gasteiger partial charge in [0.25, 0.3) is 0 Å². The molecule has 0 atom stereocenters. The summed E-state index contributed by atoms with van der Waals surface area (Å²) in [4.78, 5) is 10.9. The summed E-state index contributed by atoms with van der Waals surface area (Å²) in [5.74, 6) is 0.408. The Balaban J connectivity index is 2.13. The zero-order chi connectivity index (χ0) is 12.3. The molecule has 1 aromatic rings. The van der Waals surface area contributed by atoms with Crippen molar-refractivity contribution in [3.8, 4) is 0 Å². The second kappa shape index (κ2) is 5.63. The molecule has 1 aromatic carbocycles. The molecule has 1 amide bonds. The molecule has 6 heteroatoms. The van der Waals surface area contributed by atoms with E-state index in [9.17, 15) is 4.79 Å². The normalized spacial score (nSPS) is 18.0. The largest absolute Gasteiger partial charge is 0.303 e. The van der Waals surface area contributed by atoms with E-state index in [1.165, 1.54) is 11.8 Å². The first kappa shape index (κ1) is 12.6. The number of nitrogens with zero attached hydrogens (tertiary/aromatic N) is 2. The SMILES string of the molecule is Cc1cccc(I)c1C=NN=C1NC(=O)CS1. The lowest BCUT2D eigenvalue weighted by Gasteiger charge is -2.00. The molecule has 17 heavy (non-hydrogen) atoms. The van der Waals surface area contributed by atoms with Gasteiger partial charge in [-0.3, -0.25) is 4.79 Å². The minimum atomic E-state index is -0.0191. The van der Waals surface area contributed by atoms with Crippen LogP contribution in [0.5, 0.6) is 0 Å². The van der Waals surface area contributed by atoms with Crippen LogP contribution in [0.1, 0.15) is 11.1 Å². The summed E-state index contributed by atoms with van der Waals surface area (Å²) in [5, 5.41) is 11.2. The zero-order valence-corrected chi connectivity index (χ0v) is 12.1. The van der Waals surface area contributed by atoms with Crippen LogP contribution in [-0.2, 0) is 4.79 Å². The Labute approximate surface area is 117 Å². The number of amidine groups is 1. The average Bonchev–Trinajstić information content (AvgIpc) is 2.69. The van der Waals surface area contributed by atoms with E-state index in [4.69, 9.17) is 0 Å². The molecule has 2 rings (SSSR count). The molecule has 0 unspecified atom stereocenters. The van der Waals surface area contributed by atoms with E-state index in [1.807, 2.05) is 25.1 Å². The van der Waals surface area contributed by atoms with Gasteiger partial charge in [0.2, 0.25) is 5.91 Å². The van der Waals surface area contributed by atoms with E-state index in [0.717, 1.165) is 14.7 Å². The molecule has 0 aliphatic carbocycles. The first-order chi connectivity index (χ1) is 8.16.